The van der Waals surface area contributed by atoms with E-state index in [4.69, 9.17) is 5.73 Å². The molecule has 1 aliphatic rings. The molecule has 1 fully saturated rings. The Kier molecular flexibility index (Phi) is 4.64. The maximum atomic E-state index is 12.5. The summed E-state index contributed by atoms with van der Waals surface area (Å²) in [6.07, 6.45) is -0.679. The minimum absolute atomic E-state index is 0.272. The molecule has 106 valence electrons. The van der Waals surface area contributed by atoms with Gasteiger partial charge in [-0.05, 0) is 31.6 Å². The van der Waals surface area contributed by atoms with Gasteiger partial charge in [0, 0.05) is 6.54 Å². The van der Waals surface area contributed by atoms with E-state index in [1.54, 1.807) is 0 Å². The lowest BCUT2D eigenvalue weighted by Gasteiger charge is -2.29. The van der Waals surface area contributed by atoms with Crippen LogP contribution in [0.1, 0.15) is 39.5 Å². The van der Waals surface area contributed by atoms with Crippen LogP contribution in [-0.4, -0.2) is 24.2 Å². The van der Waals surface area contributed by atoms with Gasteiger partial charge in [0.15, 0.2) is 5.54 Å². The predicted molar refractivity (Wildman–Crippen MR) is 62.8 cm³/mol. The van der Waals surface area contributed by atoms with E-state index >= 15 is 0 Å². The summed E-state index contributed by atoms with van der Waals surface area (Å²) in [5.74, 6) is -0.199. The number of alkyl halides is 3. The Hall–Kier alpha value is -0.780. The molecule has 0 aliphatic heterocycles. The zero-order valence-corrected chi connectivity index (χ0v) is 10.8. The molecule has 0 radical (unpaired) electrons. The third-order valence-electron chi connectivity index (χ3n) is 3.75. The van der Waals surface area contributed by atoms with Crippen molar-refractivity contribution >= 4 is 5.91 Å². The number of carbonyl (C=O) groups excluding carboxylic acids is 1. The van der Waals surface area contributed by atoms with Crippen LogP contribution < -0.4 is 11.1 Å². The highest BCUT2D eigenvalue weighted by atomic mass is 19.4. The van der Waals surface area contributed by atoms with Gasteiger partial charge in [-0.1, -0.05) is 19.8 Å². The topological polar surface area (TPSA) is 55.1 Å². The smallest absolute Gasteiger partial charge is 0.354 e. The molecule has 3 nitrogen and oxygen atoms in total. The monoisotopic (exact) mass is 266 g/mol. The van der Waals surface area contributed by atoms with Crippen molar-refractivity contribution in [3.63, 3.8) is 0 Å². The molecule has 1 rings (SSSR count). The van der Waals surface area contributed by atoms with Gasteiger partial charge in [-0.25, -0.2) is 0 Å². The molecule has 6 heteroatoms. The van der Waals surface area contributed by atoms with Gasteiger partial charge in [-0.15, -0.1) is 0 Å². The molecule has 0 aromatic rings. The Morgan fingerprint density at radius 2 is 1.78 bits per heavy atom. The van der Waals surface area contributed by atoms with Crippen LogP contribution in [0.25, 0.3) is 0 Å². The fraction of sp³-hybridized carbons (Fsp3) is 0.917. The second-order valence-corrected chi connectivity index (χ2v) is 5.54. The van der Waals surface area contributed by atoms with Gasteiger partial charge in [-0.2, -0.15) is 13.2 Å². The molecule has 1 saturated carbocycles. The van der Waals surface area contributed by atoms with E-state index in [1.807, 2.05) is 0 Å². The zero-order valence-electron chi connectivity index (χ0n) is 10.8. The van der Waals surface area contributed by atoms with Crippen LogP contribution >= 0.6 is 0 Å². The summed E-state index contributed by atoms with van der Waals surface area (Å²) in [4.78, 5) is 11.5. The molecular weight excluding hydrogens is 245 g/mol. The zero-order chi connectivity index (χ0) is 14.0. The number of nitrogens with one attached hydrogen (secondary N) is 1. The maximum absolute atomic E-state index is 12.5. The number of rotatable bonds is 3. The number of nitrogens with two attached hydrogens (primary N) is 1. The van der Waals surface area contributed by atoms with Gasteiger partial charge in [0.1, 0.15) is 0 Å². The molecule has 0 spiro atoms. The summed E-state index contributed by atoms with van der Waals surface area (Å²) in [5.41, 5.74) is 2.23. The molecular formula is C12H21F3N2O. The maximum Gasteiger partial charge on any atom is 0.415 e. The van der Waals surface area contributed by atoms with Gasteiger partial charge < -0.3 is 11.1 Å². The highest BCUT2D eigenvalue weighted by Crippen LogP contribution is 2.29. The quantitative estimate of drug-likeness (QED) is 0.823. The molecule has 3 N–H and O–H groups in total. The van der Waals surface area contributed by atoms with Crippen molar-refractivity contribution in [3.8, 4) is 0 Å². The molecule has 0 aromatic heterocycles. The van der Waals surface area contributed by atoms with E-state index < -0.39 is 17.6 Å². The van der Waals surface area contributed by atoms with Gasteiger partial charge in [0.25, 0.3) is 0 Å². The highest BCUT2D eigenvalue weighted by molar-refractivity contribution is 5.86. The molecule has 1 aliphatic carbocycles. The summed E-state index contributed by atoms with van der Waals surface area (Å²) in [6.45, 7) is 3.15. The largest absolute Gasteiger partial charge is 0.415 e. The molecule has 1 atom stereocenters. The van der Waals surface area contributed by atoms with Crippen LogP contribution in [0.4, 0.5) is 13.2 Å². The van der Waals surface area contributed by atoms with Crippen molar-refractivity contribution in [2.45, 2.75) is 51.2 Å². The first-order valence-electron chi connectivity index (χ1n) is 6.28. The standard InChI is InChI=1S/C12H21F3N2O/c1-8-3-5-9(6-4-8)7-17-10(18)11(2,16)12(13,14)15/h8-9H,3-7,16H2,1-2H3,(H,17,18). The average Bonchev–Trinajstić information content (AvgIpc) is 2.26. The fourth-order valence-electron chi connectivity index (χ4n) is 2.08. The minimum Gasteiger partial charge on any atom is -0.354 e. The van der Waals surface area contributed by atoms with Crippen molar-refractivity contribution in [1.29, 1.82) is 0 Å². The highest BCUT2D eigenvalue weighted by Gasteiger charge is 2.53. The van der Waals surface area contributed by atoms with E-state index in [1.165, 1.54) is 0 Å². The molecule has 0 aromatic carbocycles. The fourth-order valence-corrected chi connectivity index (χ4v) is 2.08. The number of amides is 1. The van der Waals surface area contributed by atoms with E-state index in [2.05, 4.69) is 12.2 Å². The summed E-state index contributed by atoms with van der Waals surface area (Å²) in [5, 5.41) is 2.33. The molecule has 0 heterocycles. The lowest BCUT2D eigenvalue weighted by molar-refractivity contribution is -0.187. The molecule has 0 bridgehead atoms. The number of hydrogen-bond acceptors (Lipinski definition) is 2. The Morgan fingerprint density at radius 1 is 1.28 bits per heavy atom. The normalized spacial score (nSPS) is 28.6. The lowest BCUT2D eigenvalue weighted by atomic mass is 9.83. The van der Waals surface area contributed by atoms with Crippen LogP contribution in [0.5, 0.6) is 0 Å². The van der Waals surface area contributed by atoms with E-state index in [0.717, 1.165) is 25.7 Å². The number of carbonyl (C=O) groups is 1. The molecule has 0 saturated heterocycles. The lowest BCUT2D eigenvalue weighted by Crippen LogP contribution is -2.61. The van der Waals surface area contributed by atoms with Crippen LogP contribution in [0.15, 0.2) is 0 Å². The summed E-state index contributed by atoms with van der Waals surface area (Å²) >= 11 is 0. The van der Waals surface area contributed by atoms with Gasteiger partial charge in [-0.3, -0.25) is 4.79 Å². The third-order valence-corrected chi connectivity index (χ3v) is 3.75. The Bertz CT molecular complexity index is 294. The molecule has 1 amide bonds. The van der Waals surface area contributed by atoms with Gasteiger partial charge in [0.2, 0.25) is 5.91 Å². The van der Waals surface area contributed by atoms with Crippen LogP contribution in [-0.2, 0) is 4.79 Å². The number of halogens is 3. The van der Waals surface area contributed by atoms with Crippen molar-refractivity contribution < 1.29 is 18.0 Å². The number of hydrogen-bond donors (Lipinski definition) is 2. The van der Waals surface area contributed by atoms with Crippen LogP contribution in [0, 0.1) is 11.8 Å². The summed E-state index contributed by atoms with van der Waals surface area (Å²) in [7, 11) is 0. The average molecular weight is 266 g/mol. The second-order valence-electron chi connectivity index (χ2n) is 5.54. The first-order valence-corrected chi connectivity index (χ1v) is 6.28. The van der Waals surface area contributed by atoms with Crippen molar-refractivity contribution in [2.75, 3.05) is 6.54 Å². The first-order chi connectivity index (χ1) is 8.14. The van der Waals surface area contributed by atoms with Crippen LogP contribution in [0.3, 0.4) is 0 Å². The summed E-state index contributed by atoms with van der Waals surface area (Å²) < 4.78 is 37.5. The predicted octanol–water partition coefficient (Wildman–Crippen LogP) is 2.21. The van der Waals surface area contributed by atoms with Gasteiger partial charge in [0.05, 0.1) is 0 Å². The SMILES string of the molecule is CC1CCC(CNC(=O)C(C)(N)C(F)(F)F)CC1. The molecule has 1 unspecified atom stereocenters. The Balaban J connectivity index is 2.42. The molecule has 18 heavy (non-hydrogen) atoms. The Morgan fingerprint density at radius 3 is 2.22 bits per heavy atom. The van der Waals surface area contributed by atoms with E-state index in [0.29, 0.717) is 12.8 Å². The first kappa shape index (κ1) is 15.3. The van der Waals surface area contributed by atoms with E-state index in [9.17, 15) is 18.0 Å². The Labute approximate surface area is 105 Å². The van der Waals surface area contributed by atoms with Crippen molar-refractivity contribution in [1.82, 2.24) is 5.32 Å². The summed E-state index contributed by atoms with van der Waals surface area (Å²) in [6, 6.07) is 0. The minimum atomic E-state index is -4.72. The van der Waals surface area contributed by atoms with Gasteiger partial charge >= 0.3 is 6.18 Å². The van der Waals surface area contributed by atoms with Crippen molar-refractivity contribution in [3.05, 3.63) is 0 Å². The van der Waals surface area contributed by atoms with Crippen molar-refractivity contribution in [2.24, 2.45) is 17.6 Å². The van der Waals surface area contributed by atoms with E-state index in [-0.39, 0.29) is 12.5 Å². The second kappa shape index (κ2) is 5.47. The third kappa shape index (κ3) is 3.60. The van der Waals surface area contributed by atoms with Crippen LogP contribution in [0.2, 0.25) is 0 Å².